The first kappa shape index (κ1) is 25.2. The van der Waals surface area contributed by atoms with E-state index in [4.69, 9.17) is 0 Å². The first-order valence-corrected chi connectivity index (χ1v) is 12.9. The molecule has 4 heterocycles. The Bertz CT molecular complexity index is 1660. The Morgan fingerprint density at radius 3 is 2.74 bits per heavy atom. The van der Waals surface area contributed by atoms with Crippen LogP contribution in [0.4, 0.5) is 23.4 Å². The molecule has 1 aliphatic rings. The number of hydrogen-bond donors (Lipinski definition) is 2. The lowest BCUT2D eigenvalue weighted by atomic mass is 10.1. The number of nitrogens with one attached hydrogen (secondary N) is 2. The van der Waals surface area contributed by atoms with Gasteiger partial charge in [-0.2, -0.15) is 13.2 Å². The number of anilines is 1. The van der Waals surface area contributed by atoms with E-state index < -0.39 is 17.8 Å². The Balaban J connectivity index is 1.17. The SMILES string of the molecule is O=C(NCc1ccc2scc(F)c2c1)[C@H]1CN(c2ncnc3nn(-c4ccc(C(F)(F)F)cc4)cc23)CCN1. The second-order valence-electron chi connectivity index (χ2n) is 9.14. The molecule has 2 aromatic carbocycles. The zero-order valence-electron chi connectivity index (χ0n) is 20.2. The summed E-state index contributed by atoms with van der Waals surface area (Å²) in [5.74, 6) is 0.109. The smallest absolute Gasteiger partial charge is 0.353 e. The van der Waals surface area contributed by atoms with Gasteiger partial charge in [-0.25, -0.2) is 19.0 Å². The summed E-state index contributed by atoms with van der Waals surface area (Å²) in [7, 11) is 0. The van der Waals surface area contributed by atoms with Crippen LogP contribution in [0.15, 0.2) is 60.4 Å². The fourth-order valence-electron chi connectivity index (χ4n) is 4.60. The van der Waals surface area contributed by atoms with Crippen LogP contribution in [-0.4, -0.2) is 51.3 Å². The molecule has 8 nitrogen and oxygen atoms in total. The number of carbonyl (C=O) groups excluding carboxylic acids is 1. The molecule has 2 N–H and O–H groups in total. The van der Waals surface area contributed by atoms with Crippen LogP contribution in [0.25, 0.3) is 26.8 Å². The summed E-state index contributed by atoms with van der Waals surface area (Å²) in [6.07, 6.45) is -1.38. The predicted octanol–water partition coefficient (Wildman–Crippen LogP) is 4.28. The van der Waals surface area contributed by atoms with Crippen LogP contribution in [0.2, 0.25) is 0 Å². The van der Waals surface area contributed by atoms with Gasteiger partial charge in [0, 0.05) is 47.8 Å². The molecule has 1 aliphatic heterocycles. The number of rotatable bonds is 5. The van der Waals surface area contributed by atoms with E-state index in [0.29, 0.717) is 47.6 Å². The molecule has 1 saturated heterocycles. The maximum atomic E-state index is 13.9. The van der Waals surface area contributed by atoms with E-state index in [1.165, 1.54) is 39.9 Å². The van der Waals surface area contributed by atoms with Crippen molar-refractivity contribution in [2.75, 3.05) is 24.5 Å². The number of hydrogen-bond acceptors (Lipinski definition) is 7. The second kappa shape index (κ2) is 9.89. The largest absolute Gasteiger partial charge is 0.416 e. The van der Waals surface area contributed by atoms with Gasteiger partial charge >= 0.3 is 6.18 Å². The van der Waals surface area contributed by atoms with E-state index in [2.05, 4.69) is 25.7 Å². The highest BCUT2D eigenvalue weighted by Crippen LogP contribution is 2.30. The Morgan fingerprint density at radius 1 is 1.13 bits per heavy atom. The van der Waals surface area contributed by atoms with Gasteiger partial charge < -0.3 is 15.5 Å². The lowest BCUT2D eigenvalue weighted by Crippen LogP contribution is -2.57. The molecule has 1 fully saturated rings. The van der Waals surface area contributed by atoms with E-state index >= 15 is 0 Å². The molecule has 13 heteroatoms. The minimum atomic E-state index is -4.42. The number of piperazine rings is 1. The van der Waals surface area contributed by atoms with E-state index in [1.54, 1.807) is 12.3 Å². The Kier molecular flexibility index (Phi) is 6.39. The lowest BCUT2D eigenvalue weighted by Gasteiger charge is -2.33. The number of thiophene rings is 1. The minimum Gasteiger partial charge on any atom is -0.353 e. The van der Waals surface area contributed by atoms with Gasteiger partial charge in [-0.05, 0) is 42.0 Å². The number of carbonyl (C=O) groups is 1. The summed E-state index contributed by atoms with van der Waals surface area (Å²) < 4.78 is 55.1. The molecule has 39 heavy (non-hydrogen) atoms. The van der Waals surface area contributed by atoms with Crippen molar-refractivity contribution in [3.8, 4) is 5.69 Å². The number of alkyl halides is 3. The van der Waals surface area contributed by atoms with Gasteiger partial charge in [-0.3, -0.25) is 4.79 Å². The predicted molar refractivity (Wildman–Crippen MR) is 139 cm³/mol. The molecule has 0 bridgehead atoms. The quantitative estimate of drug-likeness (QED) is 0.315. The second-order valence-corrected chi connectivity index (χ2v) is 10.0. The minimum absolute atomic E-state index is 0.198. The van der Waals surface area contributed by atoms with Crippen LogP contribution >= 0.6 is 11.3 Å². The number of benzene rings is 2. The highest BCUT2D eigenvalue weighted by molar-refractivity contribution is 7.17. The third-order valence-corrected chi connectivity index (χ3v) is 7.54. The normalized spacial score (nSPS) is 16.2. The molecule has 3 aromatic heterocycles. The summed E-state index contributed by atoms with van der Waals surface area (Å²) in [5.41, 5.74) is 0.891. The van der Waals surface area contributed by atoms with Crippen molar-refractivity contribution in [3.63, 3.8) is 0 Å². The Hall–Kier alpha value is -4.10. The third-order valence-electron chi connectivity index (χ3n) is 6.60. The van der Waals surface area contributed by atoms with Crippen molar-refractivity contribution in [3.05, 3.63) is 77.3 Å². The summed E-state index contributed by atoms with van der Waals surface area (Å²) in [4.78, 5) is 23.6. The van der Waals surface area contributed by atoms with E-state index in [9.17, 15) is 22.4 Å². The summed E-state index contributed by atoms with van der Waals surface area (Å²) >= 11 is 1.33. The number of fused-ring (bicyclic) bond motifs is 2. The van der Waals surface area contributed by atoms with Crippen molar-refractivity contribution in [1.82, 2.24) is 30.4 Å². The lowest BCUT2D eigenvalue weighted by molar-refractivity contribution is -0.137. The highest BCUT2D eigenvalue weighted by Gasteiger charge is 2.30. The average Bonchev–Trinajstić information content (AvgIpc) is 3.55. The van der Waals surface area contributed by atoms with Gasteiger partial charge in [-0.15, -0.1) is 16.4 Å². The van der Waals surface area contributed by atoms with Crippen LogP contribution in [0.3, 0.4) is 0 Å². The number of nitrogens with zero attached hydrogens (tertiary/aromatic N) is 5. The molecule has 0 aliphatic carbocycles. The molecule has 5 aromatic rings. The van der Waals surface area contributed by atoms with Gasteiger partial charge in [0.05, 0.1) is 16.6 Å². The monoisotopic (exact) mass is 555 g/mol. The number of amides is 1. The van der Waals surface area contributed by atoms with Crippen LogP contribution < -0.4 is 15.5 Å². The highest BCUT2D eigenvalue weighted by atomic mass is 32.1. The van der Waals surface area contributed by atoms with E-state index in [0.717, 1.165) is 22.4 Å². The summed E-state index contributed by atoms with van der Waals surface area (Å²) in [6.45, 7) is 1.71. The fraction of sp³-hybridized carbons (Fsp3) is 0.231. The van der Waals surface area contributed by atoms with Crippen LogP contribution in [-0.2, 0) is 17.5 Å². The van der Waals surface area contributed by atoms with Gasteiger partial charge in [-0.1, -0.05) is 6.07 Å². The van der Waals surface area contributed by atoms with Crippen LogP contribution in [0, 0.1) is 5.82 Å². The van der Waals surface area contributed by atoms with Gasteiger partial charge in [0.2, 0.25) is 5.91 Å². The van der Waals surface area contributed by atoms with Gasteiger partial charge in [0.15, 0.2) is 5.65 Å². The van der Waals surface area contributed by atoms with Crippen LogP contribution in [0.1, 0.15) is 11.1 Å². The Labute approximate surface area is 223 Å². The van der Waals surface area contributed by atoms with Crippen molar-refractivity contribution in [1.29, 1.82) is 0 Å². The van der Waals surface area contributed by atoms with E-state index in [-0.39, 0.29) is 18.3 Å². The molecule has 1 atom stereocenters. The average molecular weight is 556 g/mol. The van der Waals surface area contributed by atoms with Crippen molar-refractivity contribution >= 4 is 44.2 Å². The topological polar surface area (TPSA) is 88.0 Å². The summed E-state index contributed by atoms with van der Waals surface area (Å²) in [6, 6.07) is 9.63. The third kappa shape index (κ3) is 5.02. The zero-order chi connectivity index (χ0) is 27.1. The molecular weight excluding hydrogens is 534 g/mol. The molecule has 0 saturated carbocycles. The number of halogens is 4. The first-order valence-electron chi connectivity index (χ1n) is 12.1. The number of aromatic nitrogens is 4. The molecule has 0 unspecified atom stereocenters. The molecule has 200 valence electrons. The zero-order valence-corrected chi connectivity index (χ0v) is 21.1. The Morgan fingerprint density at radius 2 is 1.95 bits per heavy atom. The van der Waals surface area contributed by atoms with Gasteiger partial charge in [0.25, 0.3) is 0 Å². The molecular formula is C26H21F4N7OS. The maximum absolute atomic E-state index is 13.9. The summed E-state index contributed by atoms with van der Waals surface area (Å²) in [5, 5.41) is 13.2. The molecule has 0 radical (unpaired) electrons. The molecule has 6 rings (SSSR count). The maximum Gasteiger partial charge on any atom is 0.416 e. The standard InChI is InChI=1S/C26H21F4N7OS/c27-20-13-39-22-6-1-15(9-18(20)22)10-32-25(38)21-12-36(8-7-31-21)24-19-11-37(35-23(19)33-14-34-24)17-4-2-16(3-5-17)26(28,29)30/h1-6,9,11,13-14,21,31H,7-8,10,12H2,(H,32,38)/t21-/m1/s1. The van der Waals surface area contributed by atoms with Crippen LogP contribution in [0.5, 0.6) is 0 Å². The molecule has 1 amide bonds. The first-order chi connectivity index (χ1) is 18.8. The van der Waals surface area contributed by atoms with Crippen molar-refractivity contribution < 1.29 is 22.4 Å². The molecule has 0 spiro atoms. The van der Waals surface area contributed by atoms with Crippen molar-refractivity contribution in [2.45, 2.75) is 18.8 Å². The van der Waals surface area contributed by atoms with Gasteiger partial charge in [0.1, 0.15) is 24.0 Å². The fourth-order valence-corrected chi connectivity index (χ4v) is 5.39. The van der Waals surface area contributed by atoms with E-state index in [1.807, 2.05) is 17.0 Å². The van der Waals surface area contributed by atoms with Crippen molar-refractivity contribution in [2.24, 2.45) is 0 Å².